The van der Waals surface area contributed by atoms with Crippen molar-refractivity contribution in [2.75, 3.05) is 7.05 Å². The van der Waals surface area contributed by atoms with Crippen molar-refractivity contribution in [1.82, 2.24) is 9.47 Å². The van der Waals surface area contributed by atoms with Crippen molar-refractivity contribution in [2.45, 2.75) is 43.8 Å². The summed E-state index contributed by atoms with van der Waals surface area (Å²) < 4.78 is 7.79. The molecule has 4 heterocycles. The van der Waals surface area contributed by atoms with E-state index < -0.39 is 0 Å². The van der Waals surface area contributed by atoms with E-state index in [0.717, 1.165) is 29.2 Å². The molecule has 2 aliphatic heterocycles. The van der Waals surface area contributed by atoms with Gasteiger partial charge in [-0.2, -0.15) is 0 Å². The van der Waals surface area contributed by atoms with Gasteiger partial charge in [-0.3, -0.25) is 4.79 Å². The highest BCUT2D eigenvalue weighted by Crippen LogP contribution is 2.39. The van der Waals surface area contributed by atoms with E-state index in [1.54, 1.807) is 0 Å². The van der Waals surface area contributed by atoms with Crippen LogP contribution in [-0.4, -0.2) is 28.6 Å². The minimum Gasteiger partial charge on any atom is -0.456 e. The first-order valence-corrected chi connectivity index (χ1v) is 8.46. The average Bonchev–Trinajstić information content (AvgIpc) is 3.01. The van der Waals surface area contributed by atoms with E-state index in [2.05, 4.69) is 11.9 Å². The van der Waals surface area contributed by atoms with Crippen molar-refractivity contribution in [2.24, 2.45) is 0 Å². The summed E-state index contributed by atoms with van der Waals surface area (Å²) in [5, 5.41) is 1.66. The molecule has 0 saturated carbocycles. The van der Waals surface area contributed by atoms with Crippen molar-refractivity contribution in [3.8, 4) is 0 Å². The van der Waals surface area contributed by atoms with Crippen molar-refractivity contribution >= 4 is 21.9 Å². The summed E-state index contributed by atoms with van der Waals surface area (Å²) in [5.74, 6) is 0. The molecule has 4 nitrogen and oxygen atoms in total. The number of piperidine rings is 1. The van der Waals surface area contributed by atoms with Gasteiger partial charge in [0.1, 0.15) is 11.2 Å². The van der Waals surface area contributed by atoms with E-state index in [4.69, 9.17) is 4.42 Å². The summed E-state index contributed by atoms with van der Waals surface area (Å²) in [5.41, 5.74) is 1.59. The fraction of sp³-hybridized carbons (Fsp3) is 0.421. The largest absolute Gasteiger partial charge is 0.456 e. The minimum atomic E-state index is 0.0985. The lowest BCUT2D eigenvalue weighted by molar-refractivity contribution is 0.136. The molecular formula is C19H20N2O2. The number of furan rings is 1. The molecule has 2 fully saturated rings. The Kier molecular flexibility index (Phi) is 2.74. The van der Waals surface area contributed by atoms with Gasteiger partial charge in [-0.1, -0.05) is 18.2 Å². The summed E-state index contributed by atoms with van der Waals surface area (Å²) in [6.45, 7) is 0. The molecular weight excluding hydrogens is 288 g/mol. The van der Waals surface area contributed by atoms with Gasteiger partial charge < -0.3 is 13.9 Å². The maximum absolute atomic E-state index is 13.1. The van der Waals surface area contributed by atoms with Crippen LogP contribution in [0.1, 0.15) is 31.7 Å². The van der Waals surface area contributed by atoms with Crippen molar-refractivity contribution in [3.05, 3.63) is 46.9 Å². The summed E-state index contributed by atoms with van der Waals surface area (Å²) in [4.78, 5) is 15.6. The minimum absolute atomic E-state index is 0.0985. The molecule has 4 heteroatoms. The third-order valence-electron chi connectivity index (χ3n) is 5.92. The molecule has 0 aliphatic carbocycles. The molecule has 3 atom stereocenters. The van der Waals surface area contributed by atoms with E-state index in [1.165, 1.54) is 12.8 Å². The number of para-hydroxylation sites is 1. The third kappa shape index (κ3) is 1.84. The van der Waals surface area contributed by atoms with Crippen LogP contribution in [0.3, 0.4) is 0 Å². The van der Waals surface area contributed by atoms with Crippen LogP contribution in [0.4, 0.5) is 0 Å². The topological polar surface area (TPSA) is 38.4 Å². The Hall–Kier alpha value is -2.07. The number of rotatable bonds is 1. The average molecular weight is 308 g/mol. The van der Waals surface area contributed by atoms with Gasteiger partial charge in [-0.05, 0) is 44.9 Å². The molecule has 2 aliphatic rings. The lowest BCUT2D eigenvalue weighted by Gasteiger charge is -2.37. The Morgan fingerprint density at radius 1 is 1.00 bits per heavy atom. The Labute approximate surface area is 134 Å². The lowest BCUT2D eigenvalue weighted by Crippen LogP contribution is -2.42. The smallest absolute Gasteiger partial charge is 0.262 e. The number of fused-ring (bicyclic) bond motifs is 5. The highest BCUT2D eigenvalue weighted by molar-refractivity contribution is 6.04. The van der Waals surface area contributed by atoms with Crippen LogP contribution in [0.2, 0.25) is 0 Å². The maximum Gasteiger partial charge on any atom is 0.262 e. The van der Waals surface area contributed by atoms with Gasteiger partial charge in [0.25, 0.3) is 5.56 Å². The number of pyridine rings is 1. The summed E-state index contributed by atoms with van der Waals surface area (Å²) in [7, 11) is 2.23. The monoisotopic (exact) mass is 308 g/mol. The molecule has 118 valence electrons. The molecule has 2 saturated heterocycles. The Balaban J connectivity index is 1.67. The fourth-order valence-corrected chi connectivity index (χ4v) is 4.64. The number of hydrogen-bond acceptors (Lipinski definition) is 3. The molecule has 0 N–H and O–H groups in total. The molecule has 2 bridgehead atoms. The number of aromatic nitrogens is 1. The summed E-state index contributed by atoms with van der Waals surface area (Å²) in [6, 6.07) is 11.3. The highest BCUT2D eigenvalue weighted by atomic mass is 16.3. The van der Waals surface area contributed by atoms with Crippen LogP contribution >= 0.6 is 0 Å². The third-order valence-corrected chi connectivity index (χ3v) is 5.92. The van der Waals surface area contributed by atoms with Gasteiger partial charge in [0.05, 0.1) is 5.39 Å². The molecule has 0 spiro atoms. The van der Waals surface area contributed by atoms with Gasteiger partial charge >= 0.3 is 0 Å². The molecule has 3 aromatic rings. The first kappa shape index (κ1) is 13.4. The predicted octanol–water partition coefficient (Wildman–Crippen LogP) is 3.55. The first-order chi connectivity index (χ1) is 11.2. The normalized spacial score (nSPS) is 28.0. The molecule has 1 aromatic carbocycles. The molecule has 0 amide bonds. The van der Waals surface area contributed by atoms with Crippen molar-refractivity contribution in [1.29, 1.82) is 0 Å². The molecule has 5 rings (SSSR count). The molecule has 23 heavy (non-hydrogen) atoms. The molecule has 0 radical (unpaired) electrons. The number of hydrogen-bond donors (Lipinski definition) is 0. The number of nitrogens with zero attached hydrogens (tertiary/aromatic N) is 2. The van der Waals surface area contributed by atoms with E-state index in [9.17, 15) is 4.79 Å². The fourth-order valence-electron chi connectivity index (χ4n) is 4.64. The van der Waals surface area contributed by atoms with E-state index in [0.29, 0.717) is 23.7 Å². The number of benzene rings is 1. The Bertz CT molecular complexity index is 941. The summed E-state index contributed by atoms with van der Waals surface area (Å²) in [6.07, 6.45) is 6.62. The second-order valence-corrected chi connectivity index (χ2v) is 7.04. The van der Waals surface area contributed by atoms with Gasteiger partial charge in [0, 0.05) is 29.7 Å². The predicted molar refractivity (Wildman–Crippen MR) is 90.8 cm³/mol. The van der Waals surface area contributed by atoms with Crippen LogP contribution < -0.4 is 5.56 Å². The second kappa shape index (κ2) is 4.71. The lowest BCUT2D eigenvalue weighted by atomic mass is 9.97. The Morgan fingerprint density at radius 2 is 1.74 bits per heavy atom. The van der Waals surface area contributed by atoms with Crippen LogP contribution in [0.5, 0.6) is 0 Å². The van der Waals surface area contributed by atoms with Crippen LogP contribution in [0.25, 0.3) is 21.9 Å². The first-order valence-electron chi connectivity index (χ1n) is 8.46. The summed E-state index contributed by atoms with van der Waals surface area (Å²) >= 11 is 0. The van der Waals surface area contributed by atoms with E-state index >= 15 is 0 Å². The van der Waals surface area contributed by atoms with Crippen molar-refractivity contribution < 1.29 is 4.42 Å². The Morgan fingerprint density at radius 3 is 2.52 bits per heavy atom. The molecule has 2 aromatic heterocycles. The van der Waals surface area contributed by atoms with Gasteiger partial charge in [0.2, 0.25) is 0 Å². The van der Waals surface area contributed by atoms with Crippen LogP contribution in [0.15, 0.2) is 45.7 Å². The van der Waals surface area contributed by atoms with Crippen molar-refractivity contribution in [3.63, 3.8) is 0 Å². The zero-order valence-electron chi connectivity index (χ0n) is 13.2. The van der Waals surface area contributed by atoms with Crippen LogP contribution in [0, 0.1) is 0 Å². The van der Waals surface area contributed by atoms with Gasteiger partial charge in [-0.25, -0.2) is 0 Å². The molecule has 1 unspecified atom stereocenters. The second-order valence-electron chi connectivity index (χ2n) is 7.04. The quantitative estimate of drug-likeness (QED) is 0.690. The van der Waals surface area contributed by atoms with Gasteiger partial charge in [0.15, 0.2) is 0 Å². The standard InChI is InChI=1S/C19H20N2O2/c1-20-12-6-7-13(20)11-14(10-12)21-9-8-17-18(19(21)22)15-4-2-3-5-16(15)23-17/h2-5,8-9,12-14H,6-7,10-11H2,1H3/t12-,13+,14?. The van der Waals surface area contributed by atoms with E-state index in [1.807, 2.05) is 41.1 Å². The van der Waals surface area contributed by atoms with E-state index in [-0.39, 0.29) is 5.56 Å². The zero-order valence-corrected chi connectivity index (χ0v) is 13.2. The highest BCUT2D eigenvalue weighted by Gasteiger charge is 2.39. The maximum atomic E-state index is 13.1. The van der Waals surface area contributed by atoms with Crippen LogP contribution in [-0.2, 0) is 0 Å². The zero-order chi connectivity index (χ0) is 15.6. The SMILES string of the molecule is CN1[C@@H]2CC[C@H]1CC(n1ccc3oc4ccccc4c3c1=O)C2. The van der Waals surface area contributed by atoms with Gasteiger partial charge in [-0.15, -0.1) is 0 Å².